The standard InChI is InChI=1S/C23H29N3O2.C7H8O4S/c1-5-14-26(3,4)15-8-13-25-19-12-11-18(24-2)20-21(19)23(28)17-10-7-6-9-16(17)22(20)27;1-5-2-3-6(8)4-7(5)12(9,10)11/h6-7,9-12H,5,8,13-15H2,1-4H3,(H-,24,25,27,28);2-4,8H,1H3,(H,9,10,11). The number of phenols is 1. The second kappa shape index (κ2) is 12.6. The van der Waals surface area contributed by atoms with E-state index in [1.54, 1.807) is 31.3 Å². The second-order valence-corrected chi connectivity index (χ2v) is 11.8. The summed E-state index contributed by atoms with van der Waals surface area (Å²) in [5.41, 5.74) is 3.68. The Morgan fingerprint density at radius 1 is 0.900 bits per heavy atom. The van der Waals surface area contributed by atoms with Gasteiger partial charge in [0.05, 0.1) is 43.2 Å². The van der Waals surface area contributed by atoms with Crippen LogP contribution in [0.25, 0.3) is 0 Å². The third kappa shape index (κ3) is 7.07. The minimum Gasteiger partial charge on any atom is -0.744 e. The van der Waals surface area contributed by atoms with Crippen LogP contribution in [0.5, 0.6) is 5.75 Å². The molecule has 0 bridgehead atoms. The maximum atomic E-state index is 13.2. The van der Waals surface area contributed by atoms with Crippen LogP contribution in [-0.2, 0) is 10.1 Å². The summed E-state index contributed by atoms with van der Waals surface area (Å²) in [6.07, 6.45) is 2.16. The number of benzene rings is 3. The van der Waals surface area contributed by atoms with Gasteiger partial charge in [0.25, 0.3) is 0 Å². The third-order valence-electron chi connectivity index (χ3n) is 6.87. The van der Waals surface area contributed by atoms with Gasteiger partial charge in [0.2, 0.25) is 0 Å². The molecule has 0 spiro atoms. The summed E-state index contributed by atoms with van der Waals surface area (Å²) in [5, 5.41) is 15.4. The highest BCUT2D eigenvalue weighted by atomic mass is 32.2. The third-order valence-corrected chi connectivity index (χ3v) is 7.85. The molecule has 214 valence electrons. The van der Waals surface area contributed by atoms with Gasteiger partial charge in [-0.15, -0.1) is 0 Å². The molecule has 0 saturated carbocycles. The van der Waals surface area contributed by atoms with E-state index in [0.29, 0.717) is 33.5 Å². The summed E-state index contributed by atoms with van der Waals surface area (Å²) in [4.78, 5) is 25.9. The Hall–Kier alpha value is -3.73. The first-order chi connectivity index (χ1) is 18.8. The van der Waals surface area contributed by atoms with Crippen LogP contribution in [0.15, 0.2) is 59.5 Å². The largest absolute Gasteiger partial charge is 0.744 e. The number of rotatable bonds is 9. The second-order valence-electron chi connectivity index (χ2n) is 10.4. The molecule has 3 aromatic carbocycles. The molecule has 40 heavy (non-hydrogen) atoms. The molecule has 0 saturated heterocycles. The number of carbonyl (C=O) groups is 2. The van der Waals surface area contributed by atoms with E-state index in [0.717, 1.165) is 48.7 Å². The number of fused-ring (bicyclic) bond motifs is 2. The molecule has 0 heterocycles. The number of carbonyl (C=O) groups excluding carboxylic acids is 2. The molecule has 3 N–H and O–H groups in total. The van der Waals surface area contributed by atoms with Crippen molar-refractivity contribution in [2.45, 2.75) is 31.6 Å². The van der Waals surface area contributed by atoms with Gasteiger partial charge in [0, 0.05) is 42.5 Å². The number of nitrogens with zero attached hydrogens (tertiary/aromatic N) is 1. The van der Waals surface area contributed by atoms with Crippen molar-refractivity contribution in [3.05, 3.63) is 82.4 Å². The van der Waals surface area contributed by atoms with E-state index in [1.165, 1.54) is 19.1 Å². The number of phenolic OH excluding ortho intramolecular Hbond substituents is 1. The van der Waals surface area contributed by atoms with E-state index in [1.807, 2.05) is 12.1 Å². The number of ketones is 2. The predicted molar refractivity (Wildman–Crippen MR) is 155 cm³/mol. The molecule has 1 aliphatic rings. The smallest absolute Gasteiger partial charge is 0.196 e. The Morgan fingerprint density at radius 3 is 2.00 bits per heavy atom. The Balaban J connectivity index is 0.000000307. The molecule has 4 rings (SSSR count). The molecule has 1 aliphatic carbocycles. The van der Waals surface area contributed by atoms with Gasteiger partial charge >= 0.3 is 0 Å². The summed E-state index contributed by atoms with van der Waals surface area (Å²) in [5.74, 6) is -0.416. The first kappa shape index (κ1) is 30.8. The van der Waals surface area contributed by atoms with Gasteiger partial charge in [-0.3, -0.25) is 9.59 Å². The zero-order chi connectivity index (χ0) is 29.7. The summed E-state index contributed by atoms with van der Waals surface area (Å²) in [7, 11) is 1.79. The van der Waals surface area contributed by atoms with Crippen LogP contribution in [0, 0.1) is 6.92 Å². The molecule has 0 fully saturated rings. The minimum absolute atomic E-state index is 0.0908. The Kier molecular flexibility index (Phi) is 9.73. The molecular weight excluding hydrogens is 530 g/mol. The molecule has 0 unspecified atom stereocenters. The summed E-state index contributed by atoms with van der Waals surface area (Å²) in [6.45, 7) is 6.67. The van der Waals surface area contributed by atoms with Crippen LogP contribution in [0.4, 0.5) is 11.4 Å². The highest BCUT2D eigenvalue weighted by Crippen LogP contribution is 2.36. The van der Waals surface area contributed by atoms with E-state index in [9.17, 15) is 22.6 Å². The topological polar surface area (TPSA) is 136 Å². The molecule has 9 nitrogen and oxygen atoms in total. The van der Waals surface area contributed by atoms with Gasteiger partial charge < -0.3 is 24.8 Å². The Labute approximate surface area is 236 Å². The monoisotopic (exact) mass is 567 g/mol. The van der Waals surface area contributed by atoms with Gasteiger partial charge in [-0.05, 0) is 43.2 Å². The number of anilines is 2. The number of aromatic hydroxyl groups is 1. The zero-order valence-corrected chi connectivity index (χ0v) is 24.4. The Morgan fingerprint density at radius 2 is 1.48 bits per heavy atom. The van der Waals surface area contributed by atoms with Crippen molar-refractivity contribution in [1.82, 2.24) is 0 Å². The molecule has 0 aromatic heterocycles. The fraction of sp³-hybridized carbons (Fsp3) is 0.333. The Bertz CT molecular complexity index is 1520. The molecule has 0 radical (unpaired) electrons. The lowest BCUT2D eigenvalue weighted by atomic mass is 9.82. The van der Waals surface area contributed by atoms with Gasteiger partial charge in [-0.25, -0.2) is 8.42 Å². The van der Waals surface area contributed by atoms with Gasteiger partial charge in [-0.1, -0.05) is 37.3 Å². The van der Waals surface area contributed by atoms with Crippen molar-refractivity contribution in [1.29, 1.82) is 0 Å². The predicted octanol–water partition coefficient (Wildman–Crippen LogP) is 4.40. The van der Waals surface area contributed by atoms with Crippen molar-refractivity contribution < 1.29 is 32.1 Å². The molecular formula is C30H37N3O6S. The van der Waals surface area contributed by atoms with Crippen molar-refractivity contribution in [2.24, 2.45) is 0 Å². The van der Waals surface area contributed by atoms with E-state index >= 15 is 0 Å². The van der Waals surface area contributed by atoms with E-state index < -0.39 is 10.1 Å². The number of hydrogen-bond acceptors (Lipinski definition) is 8. The molecule has 0 aliphatic heterocycles. The maximum Gasteiger partial charge on any atom is 0.196 e. The molecule has 0 amide bonds. The summed E-state index contributed by atoms with van der Waals surface area (Å²) < 4.78 is 32.6. The lowest BCUT2D eigenvalue weighted by Gasteiger charge is -2.29. The normalized spacial score (nSPS) is 12.7. The number of quaternary nitrogens is 1. The van der Waals surface area contributed by atoms with Crippen molar-refractivity contribution in [2.75, 3.05) is 51.4 Å². The van der Waals surface area contributed by atoms with Crippen LogP contribution in [-0.4, -0.2) is 74.9 Å². The van der Waals surface area contributed by atoms with Crippen LogP contribution in [0.2, 0.25) is 0 Å². The fourth-order valence-electron chi connectivity index (χ4n) is 4.88. The fourth-order valence-corrected chi connectivity index (χ4v) is 5.61. The lowest BCUT2D eigenvalue weighted by Crippen LogP contribution is -2.41. The summed E-state index contributed by atoms with van der Waals surface area (Å²) in [6, 6.07) is 14.5. The number of aryl methyl sites for hydroxylation is 1. The van der Waals surface area contributed by atoms with Crippen molar-refractivity contribution in [3.63, 3.8) is 0 Å². The quantitative estimate of drug-likeness (QED) is 0.154. The minimum atomic E-state index is -4.47. The first-order valence-corrected chi connectivity index (χ1v) is 14.6. The lowest BCUT2D eigenvalue weighted by molar-refractivity contribution is -0.890. The number of nitrogens with one attached hydrogen (secondary N) is 2. The van der Waals surface area contributed by atoms with Gasteiger partial charge in [0.15, 0.2) is 11.6 Å². The van der Waals surface area contributed by atoms with Gasteiger partial charge in [0.1, 0.15) is 15.9 Å². The number of hydrogen-bond donors (Lipinski definition) is 3. The van der Waals surface area contributed by atoms with E-state index in [2.05, 4.69) is 31.7 Å². The van der Waals surface area contributed by atoms with Gasteiger partial charge in [-0.2, -0.15) is 0 Å². The van der Waals surface area contributed by atoms with Crippen LogP contribution >= 0.6 is 0 Å². The van der Waals surface area contributed by atoms with Crippen molar-refractivity contribution >= 4 is 33.1 Å². The average molecular weight is 568 g/mol. The maximum absolute atomic E-state index is 13.2. The highest BCUT2D eigenvalue weighted by molar-refractivity contribution is 7.85. The molecule has 10 heteroatoms. The summed E-state index contributed by atoms with van der Waals surface area (Å²) >= 11 is 0. The van der Waals surface area contributed by atoms with Crippen LogP contribution in [0.3, 0.4) is 0 Å². The SMILES string of the molecule is CCC[N+](C)(C)CCCNc1ccc(NC)c2c1C(=O)c1ccccc1C2=O.Cc1ccc(O)cc1S(=O)(=O)[O-]. The van der Waals surface area contributed by atoms with Crippen molar-refractivity contribution in [3.8, 4) is 5.75 Å². The van der Waals surface area contributed by atoms with E-state index in [-0.39, 0.29) is 22.2 Å². The molecule has 0 atom stereocenters. The average Bonchev–Trinajstić information content (AvgIpc) is 2.90. The zero-order valence-electron chi connectivity index (χ0n) is 23.6. The van der Waals surface area contributed by atoms with Crippen LogP contribution < -0.4 is 10.6 Å². The van der Waals surface area contributed by atoms with Crippen LogP contribution in [0.1, 0.15) is 57.2 Å². The molecule has 3 aromatic rings. The van der Waals surface area contributed by atoms with E-state index in [4.69, 9.17) is 5.11 Å². The first-order valence-electron chi connectivity index (χ1n) is 13.1. The highest BCUT2D eigenvalue weighted by Gasteiger charge is 2.33.